The third-order valence-corrected chi connectivity index (χ3v) is 4.21. The van der Waals surface area contributed by atoms with Crippen LogP contribution in [0.5, 0.6) is 0 Å². The standard InChI is InChI=1S/C15H19IN2/c1-11(2)15(9-16)18-10-12-7-8-17-14-6-4-3-5-13(12)14/h3-8,11,15,18H,9-10H2,1-2H3. The van der Waals surface area contributed by atoms with Gasteiger partial charge in [0.15, 0.2) is 0 Å². The lowest BCUT2D eigenvalue weighted by Crippen LogP contribution is -2.34. The van der Waals surface area contributed by atoms with Crippen LogP contribution in [0.2, 0.25) is 0 Å². The molecule has 96 valence electrons. The minimum Gasteiger partial charge on any atom is -0.309 e. The fourth-order valence-corrected chi connectivity index (χ4v) is 3.35. The molecule has 0 saturated heterocycles. The SMILES string of the molecule is CC(C)C(CI)NCc1ccnc2ccccc12. The molecular weight excluding hydrogens is 335 g/mol. The van der Waals surface area contributed by atoms with Crippen molar-refractivity contribution in [3.8, 4) is 0 Å². The Hall–Kier alpha value is -0.680. The topological polar surface area (TPSA) is 24.9 Å². The molecule has 0 radical (unpaired) electrons. The second-order valence-corrected chi connectivity index (χ2v) is 5.75. The zero-order valence-corrected chi connectivity index (χ0v) is 13.0. The highest BCUT2D eigenvalue weighted by Crippen LogP contribution is 2.16. The van der Waals surface area contributed by atoms with Gasteiger partial charge in [0.1, 0.15) is 0 Å². The van der Waals surface area contributed by atoms with Crippen LogP contribution in [0.4, 0.5) is 0 Å². The molecule has 0 amide bonds. The summed E-state index contributed by atoms with van der Waals surface area (Å²) < 4.78 is 1.14. The zero-order chi connectivity index (χ0) is 13.0. The van der Waals surface area contributed by atoms with E-state index in [1.165, 1.54) is 10.9 Å². The summed E-state index contributed by atoms with van der Waals surface area (Å²) in [5.74, 6) is 0.662. The molecule has 1 heterocycles. The second kappa shape index (κ2) is 6.48. The summed E-state index contributed by atoms with van der Waals surface area (Å²) in [6.45, 7) is 5.44. The van der Waals surface area contributed by atoms with E-state index in [1.807, 2.05) is 12.3 Å². The minimum absolute atomic E-state index is 0.567. The molecule has 3 heteroatoms. The van der Waals surface area contributed by atoms with Gasteiger partial charge in [-0.15, -0.1) is 0 Å². The number of rotatable bonds is 5. The summed E-state index contributed by atoms with van der Waals surface area (Å²) in [6, 6.07) is 11.0. The molecule has 2 aromatic rings. The third-order valence-electron chi connectivity index (χ3n) is 3.27. The maximum absolute atomic E-state index is 4.39. The van der Waals surface area contributed by atoms with Crippen molar-refractivity contribution in [2.45, 2.75) is 26.4 Å². The predicted octanol–water partition coefficient (Wildman–Crippen LogP) is 3.78. The number of aromatic nitrogens is 1. The van der Waals surface area contributed by atoms with Gasteiger partial charge in [-0.3, -0.25) is 4.98 Å². The number of alkyl halides is 1. The number of hydrogen-bond donors (Lipinski definition) is 1. The van der Waals surface area contributed by atoms with E-state index in [0.29, 0.717) is 12.0 Å². The lowest BCUT2D eigenvalue weighted by Gasteiger charge is -2.20. The molecule has 0 aliphatic carbocycles. The summed E-state index contributed by atoms with van der Waals surface area (Å²) >= 11 is 2.45. The molecule has 1 atom stereocenters. The van der Waals surface area contributed by atoms with Gasteiger partial charge in [-0.2, -0.15) is 0 Å². The minimum atomic E-state index is 0.567. The number of hydrogen-bond acceptors (Lipinski definition) is 2. The van der Waals surface area contributed by atoms with Crippen molar-refractivity contribution in [3.63, 3.8) is 0 Å². The maximum atomic E-state index is 4.39. The lowest BCUT2D eigenvalue weighted by molar-refractivity contribution is 0.437. The number of pyridine rings is 1. The Kier molecular flexibility index (Phi) is 4.95. The first-order valence-corrected chi connectivity index (χ1v) is 7.87. The van der Waals surface area contributed by atoms with Gasteiger partial charge >= 0.3 is 0 Å². The number of para-hydroxylation sites is 1. The van der Waals surface area contributed by atoms with Gasteiger partial charge in [0.25, 0.3) is 0 Å². The Morgan fingerprint density at radius 2 is 2.00 bits per heavy atom. The van der Waals surface area contributed by atoms with Gasteiger partial charge in [0, 0.05) is 28.6 Å². The Morgan fingerprint density at radius 1 is 1.22 bits per heavy atom. The first-order chi connectivity index (χ1) is 8.72. The first kappa shape index (κ1) is 13.7. The Morgan fingerprint density at radius 3 is 2.72 bits per heavy atom. The highest BCUT2D eigenvalue weighted by molar-refractivity contribution is 14.1. The van der Waals surface area contributed by atoms with Crippen molar-refractivity contribution in [1.82, 2.24) is 10.3 Å². The van der Waals surface area contributed by atoms with Crippen LogP contribution in [0, 0.1) is 5.92 Å². The molecule has 0 saturated carbocycles. The molecule has 0 fully saturated rings. The van der Waals surface area contributed by atoms with E-state index in [-0.39, 0.29) is 0 Å². The Labute approximate surface area is 122 Å². The Bertz CT molecular complexity index is 505. The normalized spacial score (nSPS) is 13.1. The van der Waals surface area contributed by atoms with E-state index >= 15 is 0 Å². The summed E-state index contributed by atoms with van der Waals surface area (Å²) in [4.78, 5) is 4.39. The molecule has 1 N–H and O–H groups in total. The van der Waals surface area contributed by atoms with Crippen LogP contribution in [0.25, 0.3) is 10.9 Å². The average molecular weight is 354 g/mol. The van der Waals surface area contributed by atoms with Gasteiger partial charge in [0.05, 0.1) is 5.52 Å². The second-order valence-electron chi connectivity index (χ2n) is 4.87. The molecule has 0 spiro atoms. The van der Waals surface area contributed by atoms with Crippen LogP contribution in [-0.2, 0) is 6.54 Å². The van der Waals surface area contributed by atoms with E-state index in [2.05, 4.69) is 71.0 Å². The molecule has 2 nitrogen and oxygen atoms in total. The van der Waals surface area contributed by atoms with Crippen LogP contribution in [0.1, 0.15) is 19.4 Å². The summed E-state index contributed by atoms with van der Waals surface area (Å²) in [6.07, 6.45) is 1.90. The van der Waals surface area contributed by atoms with Crippen molar-refractivity contribution in [3.05, 3.63) is 42.1 Å². The fraction of sp³-hybridized carbons (Fsp3) is 0.400. The predicted molar refractivity (Wildman–Crippen MR) is 86.1 cm³/mol. The molecule has 2 rings (SSSR count). The number of fused-ring (bicyclic) bond motifs is 1. The highest BCUT2D eigenvalue weighted by Gasteiger charge is 2.11. The molecular formula is C15H19IN2. The molecule has 18 heavy (non-hydrogen) atoms. The van der Waals surface area contributed by atoms with E-state index in [9.17, 15) is 0 Å². The monoisotopic (exact) mass is 354 g/mol. The van der Waals surface area contributed by atoms with Gasteiger partial charge in [-0.05, 0) is 23.6 Å². The maximum Gasteiger partial charge on any atom is 0.0705 e. The van der Waals surface area contributed by atoms with E-state index in [4.69, 9.17) is 0 Å². The number of halogens is 1. The van der Waals surface area contributed by atoms with Gasteiger partial charge in [-0.1, -0.05) is 54.6 Å². The molecule has 0 aliphatic rings. The van der Waals surface area contributed by atoms with Crippen LogP contribution < -0.4 is 5.32 Å². The summed E-state index contributed by atoms with van der Waals surface area (Å²) in [7, 11) is 0. The molecule has 1 aromatic heterocycles. The average Bonchev–Trinajstić information content (AvgIpc) is 2.39. The van der Waals surface area contributed by atoms with Crippen molar-refractivity contribution in [2.75, 3.05) is 4.43 Å². The van der Waals surface area contributed by atoms with Crippen LogP contribution in [0.3, 0.4) is 0 Å². The largest absolute Gasteiger partial charge is 0.309 e. The van der Waals surface area contributed by atoms with Crippen LogP contribution in [-0.4, -0.2) is 15.5 Å². The number of nitrogens with one attached hydrogen (secondary N) is 1. The van der Waals surface area contributed by atoms with Crippen LogP contribution in [0.15, 0.2) is 36.5 Å². The van der Waals surface area contributed by atoms with Crippen molar-refractivity contribution in [2.24, 2.45) is 5.92 Å². The van der Waals surface area contributed by atoms with Crippen molar-refractivity contribution in [1.29, 1.82) is 0 Å². The number of benzene rings is 1. The Balaban J connectivity index is 2.17. The first-order valence-electron chi connectivity index (χ1n) is 6.34. The summed E-state index contributed by atoms with van der Waals surface area (Å²) in [5.41, 5.74) is 2.41. The van der Waals surface area contributed by atoms with Crippen molar-refractivity contribution >= 4 is 33.5 Å². The molecule has 0 aliphatic heterocycles. The number of nitrogens with zero attached hydrogens (tertiary/aromatic N) is 1. The lowest BCUT2D eigenvalue weighted by atomic mass is 10.1. The fourth-order valence-electron chi connectivity index (χ4n) is 2.02. The zero-order valence-electron chi connectivity index (χ0n) is 10.9. The highest BCUT2D eigenvalue weighted by atomic mass is 127. The molecule has 1 aromatic carbocycles. The van der Waals surface area contributed by atoms with Gasteiger partial charge in [0.2, 0.25) is 0 Å². The molecule has 0 bridgehead atoms. The van der Waals surface area contributed by atoms with E-state index in [1.54, 1.807) is 0 Å². The quantitative estimate of drug-likeness (QED) is 0.653. The van der Waals surface area contributed by atoms with E-state index < -0.39 is 0 Å². The van der Waals surface area contributed by atoms with Gasteiger partial charge < -0.3 is 5.32 Å². The van der Waals surface area contributed by atoms with Crippen LogP contribution >= 0.6 is 22.6 Å². The van der Waals surface area contributed by atoms with E-state index in [0.717, 1.165) is 16.5 Å². The molecule has 1 unspecified atom stereocenters. The van der Waals surface area contributed by atoms with Crippen molar-refractivity contribution < 1.29 is 0 Å². The van der Waals surface area contributed by atoms with Gasteiger partial charge in [-0.25, -0.2) is 0 Å². The summed E-state index contributed by atoms with van der Waals surface area (Å²) in [5, 5.41) is 4.90. The smallest absolute Gasteiger partial charge is 0.0705 e. The third kappa shape index (κ3) is 3.20.